The van der Waals surface area contributed by atoms with Crippen LogP contribution in [-0.2, 0) is 4.79 Å². The first-order valence-electron chi connectivity index (χ1n) is 6.04. The summed E-state index contributed by atoms with van der Waals surface area (Å²) in [5.74, 6) is -1.15. The summed E-state index contributed by atoms with van der Waals surface area (Å²) in [7, 11) is 0. The normalized spacial score (nSPS) is 17.6. The molecule has 1 unspecified atom stereocenters. The summed E-state index contributed by atoms with van der Waals surface area (Å²) in [4.78, 5) is 13.0. The fourth-order valence-corrected chi connectivity index (χ4v) is 1.66. The zero-order valence-electron chi connectivity index (χ0n) is 10.6. The molecule has 0 bridgehead atoms. The smallest absolute Gasteiger partial charge is 0.336 e. The van der Waals surface area contributed by atoms with Crippen molar-refractivity contribution in [1.82, 2.24) is 4.91 Å². The van der Waals surface area contributed by atoms with Gasteiger partial charge in [-0.3, -0.25) is 0 Å². The van der Waals surface area contributed by atoms with Crippen LogP contribution in [0.2, 0.25) is 0 Å². The lowest BCUT2D eigenvalue weighted by Gasteiger charge is -2.15. The Morgan fingerprint density at radius 2 is 1.94 bits per heavy atom. The Morgan fingerprint density at radius 3 is 2.12 bits per heavy atom. The van der Waals surface area contributed by atoms with Crippen LogP contribution in [0.15, 0.2) is 5.11 Å². The van der Waals surface area contributed by atoms with Gasteiger partial charge in [-0.05, 0) is 18.8 Å². The lowest BCUT2D eigenvalue weighted by Crippen LogP contribution is -2.23. The molecule has 1 saturated carbocycles. The quantitative estimate of drug-likeness (QED) is 0.519. The number of hydrogen-bond donors (Lipinski definition) is 3. The lowest BCUT2D eigenvalue weighted by molar-refractivity contribution is -0.139. The van der Waals surface area contributed by atoms with Gasteiger partial charge in [0, 0.05) is 6.04 Å². The predicted molar refractivity (Wildman–Crippen MR) is 64.6 cm³/mol. The molecule has 1 aliphatic rings. The van der Waals surface area contributed by atoms with Crippen LogP contribution < -0.4 is 10.6 Å². The number of hydrogen-bond acceptors (Lipinski definition) is 4. The molecule has 0 amide bonds. The zero-order valence-corrected chi connectivity index (χ0v) is 10.6. The molecule has 0 spiro atoms. The molecule has 0 aromatic rings. The molecule has 0 aromatic carbocycles. The number of aliphatic carboxylic acids is 1. The van der Waals surface area contributed by atoms with Gasteiger partial charge in [-0.2, -0.15) is 0 Å². The molecule has 6 heteroatoms. The minimum Gasteiger partial charge on any atom is -0.479 e. The fourth-order valence-electron chi connectivity index (χ4n) is 1.66. The Morgan fingerprint density at radius 1 is 1.41 bits per heavy atom. The van der Waals surface area contributed by atoms with Gasteiger partial charge in [-0.15, -0.1) is 0 Å². The predicted octanol–water partition coefficient (Wildman–Crippen LogP) is 1.92. The number of nitrogens with one attached hydrogen (secondary N) is 1. The highest BCUT2D eigenvalue weighted by molar-refractivity contribution is 5.73. The summed E-state index contributed by atoms with van der Waals surface area (Å²) in [6.07, 6.45) is 6.66. The van der Waals surface area contributed by atoms with E-state index in [-0.39, 0.29) is 5.92 Å². The van der Waals surface area contributed by atoms with Crippen molar-refractivity contribution in [2.75, 3.05) is 0 Å². The largest absolute Gasteiger partial charge is 0.479 e. The highest BCUT2D eigenvalue weighted by Crippen LogP contribution is 2.14. The van der Waals surface area contributed by atoms with Crippen molar-refractivity contribution in [2.45, 2.75) is 58.0 Å². The van der Waals surface area contributed by atoms with Crippen molar-refractivity contribution >= 4 is 5.97 Å². The lowest BCUT2D eigenvalue weighted by atomic mass is 9.97. The standard InChI is InChI=1S/C6H13N.C5H9N3O2/c7-6-4-2-1-3-5-6;1-3(2)4(5(9)10)7-8-6/h6H,1-5,7H2;3-4,6H,1-2H3/p+1. The number of carbonyl (C=O) groups is 1. The first kappa shape index (κ1) is 15.7. The van der Waals surface area contributed by atoms with Crippen molar-refractivity contribution in [3.8, 4) is 0 Å². The molecule has 1 fully saturated rings. The van der Waals surface area contributed by atoms with Crippen molar-refractivity contribution in [3.63, 3.8) is 0 Å². The topological polar surface area (TPSA) is 114 Å². The number of nitrogens with zero attached hydrogens (tertiary/aromatic N) is 2. The van der Waals surface area contributed by atoms with Crippen molar-refractivity contribution in [3.05, 3.63) is 0 Å². The second kappa shape index (κ2) is 8.84. The van der Waals surface area contributed by atoms with E-state index >= 15 is 0 Å². The Bertz CT molecular complexity index is 267. The third-order valence-electron chi connectivity index (χ3n) is 2.72. The van der Waals surface area contributed by atoms with Crippen molar-refractivity contribution in [1.29, 1.82) is 5.53 Å². The van der Waals surface area contributed by atoms with E-state index in [9.17, 15) is 4.79 Å². The Hall–Kier alpha value is -1.26. The average Bonchev–Trinajstić information content (AvgIpc) is 2.27. The van der Waals surface area contributed by atoms with Gasteiger partial charge in [-0.1, -0.05) is 33.1 Å². The van der Waals surface area contributed by atoms with Gasteiger partial charge in [-0.25, -0.2) is 4.79 Å². The maximum absolute atomic E-state index is 10.3. The van der Waals surface area contributed by atoms with E-state index < -0.39 is 12.0 Å². The molecule has 17 heavy (non-hydrogen) atoms. The van der Waals surface area contributed by atoms with Gasteiger partial charge < -0.3 is 10.8 Å². The second-order valence-electron chi connectivity index (χ2n) is 4.64. The van der Waals surface area contributed by atoms with Crippen LogP contribution in [0.5, 0.6) is 0 Å². The summed E-state index contributed by atoms with van der Waals surface area (Å²) < 4.78 is 0. The van der Waals surface area contributed by atoms with E-state index in [0.29, 0.717) is 6.04 Å². The van der Waals surface area contributed by atoms with E-state index in [1.807, 2.05) is 0 Å². The van der Waals surface area contributed by atoms with Crippen LogP contribution in [-0.4, -0.2) is 23.2 Å². The maximum atomic E-state index is 10.3. The molecule has 0 heterocycles. The molecule has 0 radical (unpaired) electrons. The molecule has 1 rings (SSSR count). The summed E-state index contributed by atoms with van der Waals surface area (Å²) in [6.45, 7) is 3.43. The van der Waals surface area contributed by atoms with Crippen molar-refractivity contribution in [2.24, 2.45) is 16.8 Å². The fraction of sp³-hybridized carbons (Fsp3) is 0.909. The molecule has 6 nitrogen and oxygen atoms in total. The number of rotatable bonds is 3. The zero-order chi connectivity index (χ0) is 13.3. The first-order valence-corrected chi connectivity index (χ1v) is 6.04. The molecule has 4 N–H and O–H groups in total. The van der Waals surface area contributed by atoms with Gasteiger partial charge >= 0.3 is 5.97 Å². The number of carboxylic acid groups (broad SMARTS) is 1. The average molecular weight is 243 g/mol. The van der Waals surface area contributed by atoms with E-state index in [0.717, 1.165) is 0 Å². The molecule has 1 aliphatic carbocycles. The third kappa shape index (κ3) is 7.60. The third-order valence-corrected chi connectivity index (χ3v) is 2.72. The van der Waals surface area contributed by atoms with Crippen molar-refractivity contribution < 1.29 is 9.90 Å². The minimum absolute atomic E-state index is 0.119. The van der Waals surface area contributed by atoms with Crippen LogP contribution in [0.3, 0.4) is 0 Å². The molecular formula is C11H23N4O2+. The molecule has 1 atom stereocenters. The molecule has 0 aliphatic heterocycles. The van der Waals surface area contributed by atoms with Crippen LogP contribution in [0.4, 0.5) is 0 Å². The van der Waals surface area contributed by atoms with Gasteiger partial charge in [0.1, 0.15) is 10.6 Å². The Kier molecular flexibility index (Phi) is 8.19. The SMILES string of the molecule is CC(C)C(N=[N+]=N)C(=O)O.NC1CCCCC1. The van der Waals surface area contributed by atoms with E-state index in [4.69, 9.17) is 16.4 Å². The molecular weight excluding hydrogens is 220 g/mol. The van der Waals surface area contributed by atoms with Gasteiger partial charge in [0.25, 0.3) is 0 Å². The Balaban J connectivity index is 0.000000318. The number of nitrogens with two attached hydrogens (primary N) is 1. The second-order valence-corrected chi connectivity index (χ2v) is 4.64. The first-order chi connectivity index (χ1) is 7.99. The van der Waals surface area contributed by atoms with E-state index in [1.54, 1.807) is 13.8 Å². The van der Waals surface area contributed by atoms with Gasteiger partial charge in [0.15, 0.2) is 0 Å². The number of carboxylic acids is 1. The van der Waals surface area contributed by atoms with Crippen LogP contribution in [0.1, 0.15) is 46.0 Å². The molecule has 0 aromatic heterocycles. The summed E-state index contributed by atoms with van der Waals surface area (Å²) in [5.41, 5.74) is 11.9. The van der Waals surface area contributed by atoms with Gasteiger partial charge in [0.2, 0.25) is 11.0 Å². The maximum Gasteiger partial charge on any atom is 0.336 e. The minimum atomic E-state index is -1.04. The van der Waals surface area contributed by atoms with Gasteiger partial charge in [0.05, 0.1) is 0 Å². The van der Waals surface area contributed by atoms with Crippen LogP contribution in [0, 0.1) is 11.4 Å². The summed E-state index contributed by atoms with van der Waals surface area (Å²) in [6, 6.07) is -0.341. The highest BCUT2D eigenvalue weighted by atomic mass is 16.4. The Labute approximate surface area is 102 Å². The van der Waals surface area contributed by atoms with Crippen LogP contribution in [0.25, 0.3) is 0 Å². The monoisotopic (exact) mass is 243 g/mol. The van der Waals surface area contributed by atoms with Crippen LogP contribution >= 0.6 is 0 Å². The summed E-state index contributed by atoms with van der Waals surface area (Å²) in [5, 5.41) is 11.7. The highest BCUT2D eigenvalue weighted by Gasteiger charge is 2.25. The molecule has 98 valence electrons. The van der Waals surface area contributed by atoms with E-state index in [2.05, 4.69) is 10.0 Å². The molecule has 0 saturated heterocycles. The summed E-state index contributed by atoms with van der Waals surface area (Å²) >= 11 is 0. The van der Waals surface area contributed by atoms with E-state index in [1.165, 1.54) is 32.1 Å².